The molecule has 15 heteroatoms. The molecule has 3 aliphatic rings. The summed E-state index contributed by atoms with van der Waals surface area (Å²) in [5.41, 5.74) is 0.944. The standard InChI is InChI=1S/C28H26ClF4N7O3/c29-18-2-1-15(30)10-17(18)23-24-25(37-28(43)39-7-3-14-9-19(32)20(33)11-21(14)39)36-26(40(24)13-22(41)35-23)27(42)34-5-8-38-6-4-16(31)12-38/h1-2,9-11,16,23H,3-8,12-13H2,(H,34,42)(H,35,41)(H,37,43)/t16-,23+/m1/s1. The predicted molar refractivity (Wildman–Crippen MR) is 148 cm³/mol. The van der Waals surface area contributed by atoms with Gasteiger partial charge in [-0.25, -0.2) is 27.3 Å². The molecule has 3 aliphatic heterocycles. The Morgan fingerprint density at radius 2 is 1.91 bits per heavy atom. The molecular formula is C28H26ClF4N7O3. The van der Waals surface area contributed by atoms with Gasteiger partial charge in [0, 0.05) is 49.4 Å². The lowest BCUT2D eigenvalue weighted by Crippen LogP contribution is -2.42. The molecule has 2 aromatic carbocycles. The van der Waals surface area contributed by atoms with E-state index in [9.17, 15) is 31.9 Å². The molecule has 0 radical (unpaired) electrons. The Hall–Kier alpha value is -4.17. The Morgan fingerprint density at radius 3 is 2.67 bits per heavy atom. The molecule has 4 amide bonds. The molecule has 4 heterocycles. The lowest BCUT2D eigenvalue weighted by atomic mass is 10.0. The summed E-state index contributed by atoms with van der Waals surface area (Å²) in [6.07, 6.45) is -0.205. The van der Waals surface area contributed by atoms with Crippen LogP contribution in [0.2, 0.25) is 5.02 Å². The molecule has 0 saturated carbocycles. The van der Waals surface area contributed by atoms with Crippen molar-refractivity contribution in [2.75, 3.05) is 42.9 Å². The van der Waals surface area contributed by atoms with E-state index in [0.717, 1.165) is 24.3 Å². The lowest BCUT2D eigenvalue weighted by Gasteiger charge is -2.28. The van der Waals surface area contributed by atoms with E-state index in [0.29, 0.717) is 25.1 Å². The van der Waals surface area contributed by atoms with E-state index in [4.69, 9.17) is 11.6 Å². The average Bonchev–Trinajstić information content (AvgIpc) is 3.67. The summed E-state index contributed by atoms with van der Waals surface area (Å²) in [7, 11) is 0. The molecule has 0 unspecified atom stereocenters. The van der Waals surface area contributed by atoms with Crippen molar-refractivity contribution >= 4 is 41.0 Å². The minimum atomic E-state index is -1.11. The number of hydrogen-bond acceptors (Lipinski definition) is 5. The molecule has 0 spiro atoms. The van der Waals surface area contributed by atoms with Gasteiger partial charge in [0.15, 0.2) is 17.5 Å². The SMILES string of the molecule is O=C1Cn2c(C(=O)NCCN3CC[C@@H](F)C3)nc(NC(=O)N3CCc4cc(F)c(F)cc43)c2[C@H](c2cc(F)ccc2Cl)N1. The van der Waals surface area contributed by atoms with Crippen molar-refractivity contribution in [2.45, 2.75) is 31.6 Å². The molecule has 226 valence electrons. The van der Waals surface area contributed by atoms with Crippen molar-refractivity contribution in [3.05, 3.63) is 75.5 Å². The second-order valence-electron chi connectivity index (χ2n) is 10.6. The lowest BCUT2D eigenvalue weighted by molar-refractivity contribution is -0.123. The Balaban J connectivity index is 1.34. The average molecular weight is 620 g/mol. The first-order chi connectivity index (χ1) is 20.6. The highest BCUT2D eigenvalue weighted by atomic mass is 35.5. The molecule has 1 saturated heterocycles. The maximum atomic E-state index is 14.3. The molecule has 3 aromatic rings. The second-order valence-corrected chi connectivity index (χ2v) is 11.0. The summed E-state index contributed by atoms with van der Waals surface area (Å²) in [5, 5.41) is 8.20. The number of aromatic nitrogens is 2. The van der Waals surface area contributed by atoms with Gasteiger partial charge in [0.25, 0.3) is 5.91 Å². The van der Waals surface area contributed by atoms with Crippen LogP contribution in [0, 0.1) is 17.5 Å². The fourth-order valence-corrected chi connectivity index (χ4v) is 5.95. The van der Waals surface area contributed by atoms with Gasteiger partial charge < -0.3 is 15.2 Å². The van der Waals surface area contributed by atoms with Gasteiger partial charge in [-0.15, -0.1) is 0 Å². The van der Waals surface area contributed by atoms with Crippen LogP contribution in [0.4, 0.5) is 33.9 Å². The van der Waals surface area contributed by atoms with E-state index in [1.54, 1.807) is 0 Å². The number of halogens is 5. The zero-order valence-corrected chi connectivity index (χ0v) is 23.4. The van der Waals surface area contributed by atoms with Crippen molar-refractivity contribution in [1.82, 2.24) is 25.1 Å². The van der Waals surface area contributed by atoms with Crippen LogP contribution in [0.15, 0.2) is 30.3 Å². The third-order valence-electron chi connectivity index (χ3n) is 7.78. The zero-order chi connectivity index (χ0) is 30.4. The Morgan fingerprint density at radius 1 is 1.12 bits per heavy atom. The molecule has 10 nitrogen and oxygen atoms in total. The van der Waals surface area contributed by atoms with Crippen molar-refractivity contribution in [3.8, 4) is 0 Å². The highest BCUT2D eigenvalue weighted by Gasteiger charge is 2.37. The predicted octanol–water partition coefficient (Wildman–Crippen LogP) is 3.54. The number of rotatable bonds is 6. The molecular weight excluding hydrogens is 594 g/mol. The normalized spacial score (nSPS) is 19.7. The number of nitrogens with zero attached hydrogens (tertiary/aromatic N) is 4. The number of hydrogen-bond donors (Lipinski definition) is 3. The van der Waals surface area contributed by atoms with Gasteiger partial charge in [-0.05, 0) is 42.7 Å². The number of alkyl halides is 1. The van der Waals surface area contributed by atoms with Crippen LogP contribution in [0.3, 0.4) is 0 Å². The molecule has 0 bridgehead atoms. The van der Waals surface area contributed by atoms with Gasteiger partial charge in [-0.2, -0.15) is 0 Å². The smallest absolute Gasteiger partial charge is 0.327 e. The Bertz CT molecular complexity index is 1630. The van der Waals surface area contributed by atoms with Crippen LogP contribution in [0.1, 0.15) is 39.9 Å². The van der Waals surface area contributed by atoms with Gasteiger partial charge >= 0.3 is 6.03 Å². The van der Waals surface area contributed by atoms with Crippen molar-refractivity contribution in [2.24, 2.45) is 0 Å². The number of amides is 4. The first-order valence-electron chi connectivity index (χ1n) is 13.6. The third kappa shape index (κ3) is 5.64. The number of likely N-dealkylation sites (tertiary alicyclic amines) is 1. The topological polar surface area (TPSA) is 112 Å². The molecule has 1 fully saturated rings. The van der Waals surface area contributed by atoms with Crippen LogP contribution in [-0.2, 0) is 17.8 Å². The summed E-state index contributed by atoms with van der Waals surface area (Å²) < 4.78 is 56.9. The second kappa shape index (κ2) is 11.5. The first kappa shape index (κ1) is 28.9. The van der Waals surface area contributed by atoms with Gasteiger partial charge in [-0.3, -0.25) is 24.7 Å². The summed E-state index contributed by atoms with van der Waals surface area (Å²) in [6.45, 7) is 1.20. The number of fused-ring (bicyclic) bond motifs is 2. The van der Waals surface area contributed by atoms with Crippen LogP contribution >= 0.6 is 11.6 Å². The largest absolute Gasteiger partial charge is 0.348 e. The van der Waals surface area contributed by atoms with Gasteiger partial charge in [0.2, 0.25) is 11.7 Å². The molecule has 2 atom stereocenters. The number of urea groups is 1. The number of benzene rings is 2. The number of imidazole rings is 1. The summed E-state index contributed by atoms with van der Waals surface area (Å²) in [4.78, 5) is 47.0. The summed E-state index contributed by atoms with van der Waals surface area (Å²) in [6, 6.07) is 3.71. The van der Waals surface area contributed by atoms with Crippen molar-refractivity contribution < 1.29 is 31.9 Å². The van der Waals surface area contributed by atoms with E-state index in [1.165, 1.54) is 15.5 Å². The summed E-state index contributed by atoms with van der Waals surface area (Å²) >= 11 is 6.38. The van der Waals surface area contributed by atoms with E-state index in [1.807, 2.05) is 4.90 Å². The maximum Gasteiger partial charge on any atom is 0.327 e. The highest BCUT2D eigenvalue weighted by molar-refractivity contribution is 6.31. The highest BCUT2D eigenvalue weighted by Crippen LogP contribution is 2.37. The Kier molecular flexibility index (Phi) is 7.73. The monoisotopic (exact) mass is 619 g/mol. The molecule has 43 heavy (non-hydrogen) atoms. The van der Waals surface area contributed by atoms with Gasteiger partial charge in [0.1, 0.15) is 18.5 Å². The van der Waals surface area contributed by atoms with Crippen LogP contribution < -0.4 is 20.9 Å². The quantitative estimate of drug-likeness (QED) is 0.366. The fraction of sp³-hybridized carbons (Fsp3) is 0.357. The van der Waals surface area contributed by atoms with Crippen molar-refractivity contribution in [3.63, 3.8) is 0 Å². The van der Waals surface area contributed by atoms with Crippen LogP contribution in [0.5, 0.6) is 0 Å². The fourth-order valence-electron chi connectivity index (χ4n) is 5.72. The first-order valence-corrected chi connectivity index (χ1v) is 14.0. The molecule has 1 aromatic heterocycles. The minimum Gasteiger partial charge on any atom is -0.348 e. The molecule has 6 rings (SSSR count). The van der Waals surface area contributed by atoms with Crippen LogP contribution in [0.25, 0.3) is 0 Å². The van der Waals surface area contributed by atoms with E-state index >= 15 is 0 Å². The number of nitrogens with one attached hydrogen (secondary N) is 3. The zero-order valence-electron chi connectivity index (χ0n) is 22.6. The number of carbonyl (C=O) groups excluding carboxylic acids is 3. The van der Waals surface area contributed by atoms with Gasteiger partial charge in [0.05, 0.1) is 17.4 Å². The third-order valence-corrected chi connectivity index (χ3v) is 8.12. The van der Waals surface area contributed by atoms with Gasteiger partial charge in [-0.1, -0.05) is 11.6 Å². The van der Waals surface area contributed by atoms with E-state index < -0.39 is 47.5 Å². The minimum absolute atomic E-state index is 0.115. The van der Waals surface area contributed by atoms with Crippen molar-refractivity contribution in [1.29, 1.82) is 0 Å². The Labute approximate surface area is 248 Å². The molecule has 3 N–H and O–H groups in total. The maximum absolute atomic E-state index is 14.3. The van der Waals surface area contributed by atoms with Crippen LogP contribution in [-0.4, -0.2) is 71.2 Å². The number of carbonyl (C=O) groups is 3. The van der Waals surface area contributed by atoms with E-state index in [-0.39, 0.29) is 66.2 Å². The number of anilines is 2. The summed E-state index contributed by atoms with van der Waals surface area (Å²) in [5.74, 6) is -4.25. The molecule has 0 aliphatic carbocycles. The van der Waals surface area contributed by atoms with E-state index in [2.05, 4.69) is 20.9 Å².